The average molecular weight is 274 g/mol. The minimum atomic E-state index is -3.30. The third-order valence-electron chi connectivity index (χ3n) is 2.17. The Balaban J connectivity index is 4.01. The summed E-state index contributed by atoms with van der Waals surface area (Å²) >= 11 is 5.48. The van der Waals surface area contributed by atoms with Gasteiger partial charge in [-0.3, -0.25) is 0 Å². The largest absolute Gasteiger partial charge is 0.394 e. The van der Waals surface area contributed by atoms with Crippen LogP contribution in [0, 0.1) is 0 Å². The molecule has 0 aliphatic rings. The number of rotatable bonds is 8. The minimum Gasteiger partial charge on any atom is -0.394 e. The maximum atomic E-state index is 11.4. The van der Waals surface area contributed by atoms with Gasteiger partial charge in [0.15, 0.2) is 9.84 Å². The summed E-state index contributed by atoms with van der Waals surface area (Å²) in [4.78, 5) is 2.57. The van der Waals surface area contributed by atoms with Crippen LogP contribution in [0.25, 0.3) is 0 Å². The van der Waals surface area contributed by atoms with E-state index in [0.717, 1.165) is 0 Å². The second-order valence-electron chi connectivity index (χ2n) is 4.53. The first-order valence-corrected chi connectivity index (χ1v) is 7.29. The normalized spacial score (nSPS) is 15.1. The van der Waals surface area contributed by atoms with Crippen molar-refractivity contribution in [2.24, 2.45) is 0 Å². The first-order valence-electron chi connectivity index (χ1n) is 5.09. The fraction of sp³-hybridized carbons (Fsp3) is 1.00. The van der Waals surface area contributed by atoms with E-state index >= 15 is 0 Å². The van der Waals surface area contributed by atoms with Crippen molar-refractivity contribution in [2.75, 3.05) is 18.1 Å². The monoisotopic (exact) mass is 273 g/mol. The van der Waals surface area contributed by atoms with Gasteiger partial charge >= 0.3 is 0 Å². The lowest BCUT2D eigenvalue weighted by molar-refractivity contribution is 0.112. The standard InChI is InChI=1S/C9H20ClNO4S/c1-9(2,11-10)4-3-5-16(14,15)7-8(13)6-12/h8,11-13H,3-7H2,1-2H3. The number of hydrogen-bond acceptors (Lipinski definition) is 5. The summed E-state index contributed by atoms with van der Waals surface area (Å²) in [5, 5.41) is 17.6. The SMILES string of the molecule is CC(C)(CCCS(=O)(=O)CC(O)CO)NCl. The van der Waals surface area contributed by atoms with Gasteiger partial charge in [0.25, 0.3) is 0 Å². The Hall–Kier alpha value is 0.120. The van der Waals surface area contributed by atoms with Crippen molar-refractivity contribution in [3.8, 4) is 0 Å². The van der Waals surface area contributed by atoms with Gasteiger partial charge in [-0.25, -0.2) is 13.3 Å². The van der Waals surface area contributed by atoms with Crippen molar-refractivity contribution >= 4 is 21.6 Å². The molecule has 3 N–H and O–H groups in total. The summed E-state index contributed by atoms with van der Waals surface area (Å²) in [6, 6.07) is 0. The molecular formula is C9H20ClNO4S. The molecule has 0 heterocycles. The number of aliphatic hydroxyl groups excluding tert-OH is 2. The van der Waals surface area contributed by atoms with Gasteiger partial charge in [-0.2, -0.15) is 0 Å². The van der Waals surface area contributed by atoms with E-state index in [0.29, 0.717) is 12.8 Å². The number of halogens is 1. The highest BCUT2D eigenvalue weighted by Gasteiger charge is 2.20. The van der Waals surface area contributed by atoms with Crippen LogP contribution in [0.4, 0.5) is 0 Å². The van der Waals surface area contributed by atoms with Crippen LogP contribution in [-0.2, 0) is 9.84 Å². The van der Waals surface area contributed by atoms with E-state index in [4.69, 9.17) is 22.0 Å². The van der Waals surface area contributed by atoms with Crippen LogP contribution < -0.4 is 4.84 Å². The molecule has 0 aliphatic heterocycles. The highest BCUT2D eigenvalue weighted by Crippen LogP contribution is 2.13. The second kappa shape index (κ2) is 6.76. The van der Waals surface area contributed by atoms with Crippen LogP contribution in [0.5, 0.6) is 0 Å². The number of nitrogens with one attached hydrogen (secondary N) is 1. The van der Waals surface area contributed by atoms with Gasteiger partial charge in [-0.05, 0) is 38.5 Å². The molecule has 1 atom stereocenters. The maximum Gasteiger partial charge on any atom is 0.152 e. The van der Waals surface area contributed by atoms with Crippen LogP contribution in [0.3, 0.4) is 0 Å². The van der Waals surface area contributed by atoms with Crippen molar-refractivity contribution in [2.45, 2.75) is 38.3 Å². The van der Waals surface area contributed by atoms with Crippen LogP contribution in [0.15, 0.2) is 0 Å². The van der Waals surface area contributed by atoms with Gasteiger partial charge < -0.3 is 10.2 Å². The summed E-state index contributed by atoms with van der Waals surface area (Å²) in [5.74, 6) is -0.399. The topological polar surface area (TPSA) is 86.6 Å². The Morgan fingerprint density at radius 3 is 2.44 bits per heavy atom. The molecule has 0 saturated heterocycles. The van der Waals surface area contributed by atoms with Crippen LogP contribution >= 0.6 is 11.8 Å². The lowest BCUT2D eigenvalue weighted by atomic mass is 10.0. The summed E-state index contributed by atoms with van der Waals surface area (Å²) in [6.45, 7) is 3.21. The van der Waals surface area contributed by atoms with Crippen LogP contribution in [0.1, 0.15) is 26.7 Å². The van der Waals surface area contributed by atoms with E-state index in [1.807, 2.05) is 13.8 Å². The molecule has 0 rings (SSSR count). The predicted octanol–water partition coefficient (Wildman–Crippen LogP) is 0.0566. The lowest BCUT2D eigenvalue weighted by Crippen LogP contribution is -2.33. The fourth-order valence-electron chi connectivity index (χ4n) is 1.21. The maximum absolute atomic E-state index is 11.4. The molecule has 7 heteroatoms. The zero-order valence-electron chi connectivity index (χ0n) is 9.61. The molecule has 98 valence electrons. The Morgan fingerprint density at radius 2 is 2.00 bits per heavy atom. The molecule has 0 saturated carbocycles. The first-order chi connectivity index (χ1) is 7.22. The van der Waals surface area contributed by atoms with Crippen molar-refractivity contribution in [1.29, 1.82) is 0 Å². The summed E-state index contributed by atoms with van der Waals surface area (Å²) in [6.07, 6.45) is -0.109. The molecule has 0 amide bonds. The molecule has 0 aromatic heterocycles. The second-order valence-corrected chi connectivity index (χ2v) is 6.95. The summed E-state index contributed by atoms with van der Waals surface area (Å²) in [5.41, 5.74) is -0.313. The van der Waals surface area contributed by atoms with E-state index in [-0.39, 0.29) is 11.3 Å². The van der Waals surface area contributed by atoms with Crippen LogP contribution in [0.2, 0.25) is 0 Å². The highest BCUT2D eigenvalue weighted by atomic mass is 35.5. The Morgan fingerprint density at radius 1 is 1.44 bits per heavy atom. The molecule has 0 bridgehead atoms. The Kier molecular flexibility index (Phi) is 6.81. The fourth-order valence-corrected chi connectivity index (χ4v) is 2.75. The van der Waals surface area contributed by atoms with Gasteiger partial charge in [0.05, 0.1) is 24.2 Å². The highest BCUT2D eigenvalue weighted by molar-refractivity contribution is 7.91. The zero-order chi connectivity index (χ0) is 12.8. The predicted molar refractivity (Wildman–Crippen MR) is 64.0 cm³/mol. The minimum absolute atomic E-state index is 0.00788. The molecule has 0 aromatic rings. The van der Waals surface area contributed by atoms with Crippen molar-refractivity contribution in [3.05, 3.63) is 0 Å². The van der Waals surface area contributed by atoms with Gasteiger partial charge in [0, 0.05) is 5.54 Å². The number of aliphatic hydroxyl groups is 2. The smallest absolute Gasteiger partial charge is 0.152 e. The van der Waals surface area contributed by atoms with Gasteiger partial charge in [0.1, 0.15) is 0 Å². The third-order valence-corrected chi connectivity index (χ3v) is 4.48. The zero-order valence-corrected chi connectivity index (χ0v) is 11.2. The molecule has 0 aliphatic carbocycles. The third kappa shape index (κ3) is 7.40. The molecule has 0 aromatic carbocycles. The molecule has 1 unspecified atom stereocenters. The quantitative estimate of drug-likeness (QED) is 0.544. The van der Waals surface area contributed by atoms with Crippen molar-refractivity contribution < 1.29 is 18.6 Å². The van der Waals surface area contributed by atoms with Gasteiger partial charge in [-0.15, -0.1) is 0 Å². The van der Waals surface area contributed by atoms with Gasteiger partial charge in [0.2, 0.25) is 0 Å². The molecule has 0 spiro atoms. The van der Waals surface area contributed by atoms with E-state index in [1.54, 1.807) is 0 Å². The van der Waals surface area contributed by atoms with Crippen LogP contribution in [-0.4, -0.2) is 48.4 Å². The Bertz CT molecular complexity index is 292. The lowest BCUT2D eigenvalue weighted by Gasteiger charge is -2.21. The van der Waals surface area contributed by atoms with E-state index in [9.17, 15) is 8.42 Å². The van der Waals surface area contributed by atoms with Crippen molar-refractivity contribution in [3.63, 3.8) is 0 Å². The van der Waals surface area contributed by atoms with Crippen molar-refractivity contribution in [1.82, 2.24) is 4.84 Å². The number of hydrogen-bond donors (Lipinski definition) is 3. The van der Waals surface area contributed by atoms with E-state index < -0.39 is 28.3 Å². The molecule has 0 radical (unpaired) electrons. The van der Waals surface area contributed by atoms with E-state index in [1.165, 1.54) is 0 Å². The number of sulfone groups is 1. The summed E-state index contributed by atoms with van der Waals surface area (Å²) in [7, 11) is -3.30. The molecule has 5 nitrogen and oxygen atoms in total. The Labute approximate surface area is 102 Å². The van der Waals surface area contributed by atoms with E-state index in [2.05, 4.69) is 4.84 Å². The molecule has 0 fully saturated rings. The molecule has 16 heavy (non-hydrogen) atoms. The molecular weight excluding hydrogens is 254 g/mol. The van der Waals surface area contributed by atoms with Gasteiger partial charge in [-0.1, -0.05) is 0 Å². The first kappa shape index (κ1) is 16.1. The average Bonchev–Trinajstić information content (AvgIpc) is 2.16. The summed E-state index contributed by atoms with van der Waals surface area (Å²) < 4.78 is 22.9.